The van der Waals surface area contributed by atoms with Gasteiger partial charge in [0.25, 0.3) is 0 Å². The van der Waals surface area contributed by atoms with Crippen LogP contribution < -0.4 is 5.32 Å². The van der Waals surface area contributed by atoms with Crippen LogP contribution in [0, 0.1) is 0 Å². The highest BCUT2D eigenvalue weighted by Crippen LogP contribution is 2.32. The molecule has 0 saturated carbocycles. The molecule has 1 fully saturated rings. The lowest BCUT2D eigenvalue weighted by molar-refractivity contribution is 0.0215. The number of aromatic nitrogens is 1. The van der Waals surface area contributed by atoms with Crippen LogP contribution in [0.2, 0.25) is 0 Å². The first-order valence-electron chi connectivity index (χ1n) is 9.59. The molecule has 6 nitrogen and oxygen atoms in total. The van der Waals surface area contributed by atoms with Crippen molar-refractivity contribution in [2.75, 3.05) is 38.7 Å². The number of aliphatic hydroxyl groups is 1. The minimum Gasteiger partial charge on any atom is -0.460 e. The third-order valence-electron chi connectivity index (χ3n) is 5.26. The normalized spacial score (nSPS) is 21.8. The van der Waals surface area contributed by atoms with Crippen LogP contribution in [0.25, 0.3) is 16.7 Å². The Hall–Kier alpha value is -2.35. The van der Waals surface area contributed by atoms with Gasteiger partial charge in [0.15, 0.2) is 5.58 Å². The predicted molar refractivity (Wildman–Crippen MR) is 107 cm³/mol. The number of likely N-dealkylation sites (tertiary alicyclic amines) is 1. The number of benzene rings is 1. The molecular formula is C21H26FN3O3. The van der Waals surface area contributed by atoms with Crippen molar-refractivity contribution in [3.8, 4) is 5.69 Å². The van der Waals surface area contributed by atoms with E-state index in [0.29, 0.717) is 19.5 Å². The molecule has 0 aliphatic carbocycles. The number of hydrogen-bond donors (Lipinski definition) is 2. The number of anilines is 1. The second kappa shape index (κ2) is 8.34. The number of β-amino-alcohol motifs (C(OH)–C–C–N with tert-alkyl or cyclic N) is 1. The zero-order chi connectivity index (χ0) is 19.5. The van der Waals surface area contributed by atoms with E-state index in [2.05, 4.69) is 5.32 Å². The number of methoxy groups -OCH3 is 1. The lowest BCUT2D eigenvalue weighted by Gasteiger charge is -2.36. The van der Waals surface area contributed by atoms with Gasteiger partial charge >= 0.3 is 0 Å². The molecule has 0 amide bonds. The third kappa shape index (κ3) is 3.92. The lowest BCUT2D eigenvalue weighted by atomic mass is 10.0. The molecule has 0 bridgehead atoms. The molecule has 3 atom stereocenters. The van der Waals surface area contributed by atoms with Crippen molar-refractivity contribution in [1.82, 2.24) is 9.47 Å². The van der Waals surface area contributed by atoms with Crippen molar-refractivity contribution in [1.29, 1.82) is 0 Å². The highest BCUT2D eigenvalue weighted by Gasteiger charge is 2.30. The number of ether oxygens (including phenoxy) is 1. The summed E-state index contributed by atoms with van der Waals surface area (Å²) in [5.41, 5.74) is 2.50. The van der Waals surface area contributed by atoms with Crippen LogP contribution in [0.3, 0.4) is 0 Å². The van der Waals surface area contributed by atoms with E-state index in [4.69, 9.17) is 9.15 Å². The largest absolute Gasteiger partial charge is 0.460 e. The van der Waals surface area contributed by atoms with Gasteiger partial charge < -0.3 is 24.1 Å². The third-order valence-corrected chi connectivity index (χ3v) is 5.26. The van der Waals surface area contributed by atoms with E-state index in [0.717, 1.165) is 28.9 Å². The number of rotatable bonds is 7. The van der Waals surface area contributed by atoms with Gasteiger partial charge in [-0.25, -0.2) is 4.39 Å². The molecule has 150 valence electrons. The van der Waals surface area contributed by atoms with Crippen LogP contribution in [0.15, 0.2) is 53.4 Å². The number of hydrogen-bond acceptors (Lipinski definition) is 5. The summed E-state index contributed by atoms with van der Waals surface area (Å²) in [6.45, 7) is 1.71. The number of aliphatic hydroxyl groups excluding tert-OH is 1. The molecule has 1 aliphatic rings. The van der Waals surface area contributed by atoms with E-state index in [-0.39, 0.29) is 12.6 Å². The van der Waals surface area contributed by atoms with Gasteiger partial charge in [0.05, 0.1) is 30.1 Å². The topological polar surface area (TPSA) is 62.8 Å². The van der Waals surface area contributed by atoms with Gasteiger partial charge in [-0.15, -0.1) is 0 Å². The number of nitrogens with zero attached hydrogens (tertiary/aromatic N) is 2. The molecule has 1 saturated heterocycles. The smallest absolute Gasteiger partial charge is 0.159 e. The molecule has 0 radical (unpaired) electrons. The van der Waals surface area contributed by atoms with Crippen LogP contribution >= 0.6 is 0 Å². The van der Waals surface area contributed by atoms with Crippen LogP contribution in [-0.4, -0.2) is 66.2 Å². The van der Waals surface area contributed by atoms with Crippen LogP contribution in [0.4, 0.5) is 10.1 Å². The van der Waals surface area contributed by atoms with E-state index in [1.54, 1.807) is 13.4 Å². The Morgan fingerprint density at radius 2 is 2.14 bits per heavy atom. The Morgan fingerprint density at radius 3 is 2.89 bits per heavy atom. The number of nitrogens with one attached hydrogen (secondary N) is 1. The highest BCUT2D eigenvalue weighted by molar-refractivity contribution is 5.95. The Morgan fingerprint density at radius 1 is 1.32 bits per heavy atom. The SMILES string of the molecule is COCC(O)CN1CCC(Nc2cccc3c(-n4cccc4)coc23)C(F)C1. The van der Waals surface area contributed by atoms with Crippen LogP contribution in [0.5, 0.6) is 0 Å². The summed E-state index contributed by atoms with van der Waals surface area (Å²) in [4.78, 5) is 1.95. The molecule has 3 heterocycles. The van der Waals surface area contributed by atoms with E-state index in [9.17, 15) is 9.50 Å². The number of furan rings is 1. The van der Waals surface area contributed by atoms with Gasteiger partial charge in [-0.2, -0.15) is 0 Å². The summed E-state index contributed by atoms with van der Waals surface area (Å²) in [6, 6.07) is 9.52. The summed E-state index contributed by atoms with van der Waals surface area (Å²) in [6.07, 6.45) is 4.69. The highest BCUT2D eigenvalue weighted by atomic mass is 19.1. The summed E-state index contributed by atoms with van der Waals surface area (Å²) in [5.74, 6) is 0. The first-order valence-corrected chi connectivity index (χ1v) is 9.59. The second-order valence-corrected chi connectivity index (χ2v) is 7.32. The average Bonchev–Trinajstić information content (AvgIpc) is 3.33. The van der Waals surface area contributed by atoms with E-state index >= 15 is 0 Å². The maximum absolute atomic E-state index is 14.8. The maximum atomic E-state index is 14.8. The number of para-hydroxylation sites is 1. The fraction of sp³-hybridized carbons (Fsp3) is 0.429. The van der Waals surface area contributed by atoms with Crippen molar-refractivity contribution in [2.45, 2.75) is 24.7 Å². The van der Waals surface area contributed by atoms with Crippen molar-refractivity contribution in [2.24, 2.45) is 0 Å². The minimum absolute atomic E-state index is 0.263. The molecule has 3 aromatic rings. The van der Waals surface area contributed by atoms with E-state index in [1.165, 1.54) is 0 Å². The fourth-order valence-corrected chi connectivity index (χ4v) is 3.89. The summed E-state index contributed by atoms with van der Waals surface area (Å²) in [7, 11) is 1.55. The minimum atomic E-state index is -1.03. The number of halogens is 1. The number of alkyl halides is 1. The first-order chi connectivity index (χ1) is 13.7. The van der Waals surface area contributed by atoms with Crippen molar-refractivity contribution >= 4 is 16.7 Å². The van der Waals surface area contributed by atoms with E-state index < -0.39 is 12.3 Å². The quantitative estimate of drug-likeness (QED) is 0.652. The Labute approximate surface area is 163 Å². The van der Waals surface area contributed by atoms with Gasteiger partial charge in [-0.1, -0.05) is 6.07 Å². The lowest BCUT2D eigenvalue weighted by Crippen LogP contribution is -2.50. The first kappa shape index (κ1) is 19.0. The monoisotopic (exact) mass is 387 g/mol. The number of fused-ring (bicyclic) bond motifs is 1. The van der Waals surface area contributed by atoms with Crippen molar-refractivity contribution in [3.05, 3.63) is 49.0 Å². The molecule has 2 aromatic heterocycles. The Bertz CT molecular complexity index is 896. The van der Waals surface area contributed by atoms with Gasteiger partial charge in [0, 0.05) is 44.5 Å². The average molecular weight is 387 g/mol. The molecule has 2 N–H and O–H groups in total. The zero-order valence-corrected chi connectivity index (χ0v) is 15.9. The summed E-state index contributed by atoms with van der Waals surface area (Å²) in [5, 5.41) is 14.2. The summed E-state index contributed by atoms with van der Waals surface area (Å²) >= 11 is 0. The maximum Gasteiger partial charge on any atom is 0.159 e. The van der Waals surface area contributed by atoms with Crippen molar-refractivity contribution in [3.63, 3.8) is 0 Å². The Kier molecular flexibility index (Phi) is 5.66. The zero-order valence-electron chi connectivity index (χ0n) is 15.9. The van der Waals surface area contributed by atoms with Crippen molar-refractivity contribution < 1.29 is 18.7 Å². The molecule has 7 heteroatoms. The predicted octanol–water partition coefficient (Wildman–Crippen LogP) is 3.06. The molecule has 4 rings (SSSR count). The second-order valence-electron chi connectivity index (χ2n) is 7.32. The Balaban J connectivity index is 1.46. The molecular weight excluding hydrogens is 361 g/mol. The van der Waals surface area contributed by atoms with Gasteiger partial charge in [0.1, 0.15) is 12.4 Å². The summed E-state index contributed by atoms with van der Waals surface area (Å²) < 4.78 is 27.6. The molecule has 1 aliphatic heterocycles. The number of piperidine rings is 1. The van der Waals surface area contributed by atoms with E-state index in [1.807, 2.05) is 52.2 Å². The van der Waals surface area contributed by atoms with Crippen LogP contribution in [0.1, 0.15) is 6.42 Å². The fourth-order valence-electron chi connectivity index (χ4n) is 3.89. The standard InChI is InChI=1S/C21H26FN3O3/c1-27-13-15(26)11-24-10-7-18(17(22)12-24)23-19-6-4-5-16-20(14-28-21(16)19)25-8-2-3-9-25/h2-6,8-9,14-15,17-18,23,26H,7,10-13H2,1H3. The molecule has 3 unspecified atom stereocenters. The van der Waals surface area contributed by atoms with Gasteiger partial charge in [-0.05, 0) is 30.7 Å². The van der Waals surface area contributed by atoms with Crippen LogP contribution in [-0.2, 0) is 4.74 Å². The van der Waals surface area contributed by atoms with Gasteiger partial charge in [-0.3, -0.25) is 4.90 Å². The molecule has 1 aromatic carbocycles. The molecule has 0 spiro atoms. The molecule has 28 heavy (non-hydrogen) atoms. The van der Waals surface area contributed by atoms with Gasteiger partial charge in [0.2, 0.25) is 0 Å².